The number of anilines is 1. The van der Waals surface area contributed by atoms with E-state index in [0.29, 0.717) is 4.47 Å². The minimum atomic E-state index is 0.207. The summed E-state index contributed by atoms with van der Waals surface area (Å²) in [5, 5.41) is 16.5. The summed E-state index contributed by atoms with van der Waals surface area (Å²) in [5.41, 5.74) is 9.70. The molecule has 1 heterocycles. The molecule has 0 aliphatic heterocycles. The van der Waals surface area contributed by atoms with Crippen molar-refractivity contribution in [3.05, 3.63) is 62.4 Å². The number of hydrogen-bond donors (Lipinski definition) is 2. The van der Waals surface area contributed by atoms with Crippen molar-refractivity contribution in [2.45, 2.75) is 20.8 Å². The Morgan fingerprint density at radius 1 is 1.16 bits per heavy atom. The fraction of sp³-hybridized carbons (Fsp3) is 0.158. The van der Waals surface area contributed by atoms with E-state index in [0.717, 1.165) is 16.4 Å². The molecule has 0 spiro atoms. The van der Waals surface area contributed by atoms with E-state index in [9.17, 15) is 5.11 Å². The van der Waals surface area contributed by atoms with Crippen molar-refractivity contribution in [2.75, 3.05) is 5.43 Å². The zero-order valence-corrected chi connectivity index (χ0v) is 16.6. The number of rotatable bonds is 4. The Morgan fingerprint density at radius 2 is 1.88 bits per heavy atom. The van der Waals surface area contributed by atoms with Crippen molar-refractivity contribution in [3.8, 4) is 17.0 Å². The Morgan fingerprint density at radius 3 is 2.56 bits per heavy atom. The van der Waals surface area contributed by atoms with Gasteiger partial charge >= 0.3 is 0 Å². The lowest BCUT2D eigenvalue weighted by Crippen LogP contribution is -1.92. The third-order valence-corrected chi connectivity index (χ3v) is 5.17. The Bertz CT molecular complexity index is 927. The molecule has 1 aromatic heterocycles. The molecule has 3 aromatic rings. The summed E-state index contributed by atoms with van der Waals surface area (Å²) in [4.78, 5) is 4.64. The predicted octanol–water partition coefficient (Wildman–Crippen LogP) is 5.65. The number of hydrogen-bond acceptors (Lipinski definition) is 5. The maximum atomic E-state index is 9.50. The smallest absolute Gasteiger partial charge is 0.203 e. The highest BCUT2D eigenvalue weighted by molar-refractivity contribution is 9.10. The molecule has 0 radical (unpaired) electrons. The Balaban J connectivity index is 1.76. The van der Waals surface area contributed by atoms with Crippen molar-refractivity contribution in [3.63, 3.8) is 0 Å². The maximum absolute atomic E-state index is 9.50. The van der Waals surface area contributed by atoms with E-state index in [4.69, 9.17) is 0 Å². The van der Waals surface area contributed by atoms with Gasteiger partial charge in [-0.05, 0) is 71.6 Å². The second-order valence-electron chi connectivity index (χ2n) is 5.89. The summed E-state index contributed by atoms with van der Waals surface area (Å²) in [6.45, 7) is 6.33. The van der Waals surface area contributed by atoms with Gasteiger partial charge in [-0.3, -0.25) is 5.43 Å². The predicted molar refractivity (Wildman–Crippen MR) is 109 cm³/mol. The number of aromatic nitrogens is 1. The van der Waals surface area contributed by atoms with Gasteiger partial charge < -0.3 is 5.11 Å². The number of nitrogens with zero attached hydrogens (tertiary/aromatic N) is 2. The molecule has 0 aliphatic carbocycles. The topological polar surface area (TPSA) is 57.5 Å². The highest BCUT2D eigenvalue weighted by Crippen LogP contribution is 2.31. The quantitative estimate of drug-likeness (QED) is 0.427. The standard InChI is InChI=1S/C19H18BrN3OS/c1-11-6-12(2)18(13(3)7-11)16-10-25-19(22-16)23-21-9-14-4-5-17(24)15(20)8-14/h4-10,24H,1-3H3,(H,22,23)/b21-9-. The second-order valence-corrected chi connectivity index (χ2v) is 7.60. The van der Waals surface area contributed by atoms with E-state index in [2.05, 4.69) is 64.3 Å². The first-order chi connectivity index (χ1) is 11.9. The van der Waals surface area contributed by atoms with Crippen molar-refractivity contribution in [1.82, 2.24) is 4.98 Å². The summed E-state index contributed by atoms with van der Waals surface area (Å²) in [7, 11) is 0. The van der Waals surface area contributed by atoms with Gasteiger partial charge in [0.1, 0.15) is 5.75 Å². The Kier molecular flexibility index (Phi) is 5.20. The average Bonchev–Trinajstić information content (AvgIpc) is 2.98. The van der Waals surface area contributed by atoms with E-state index >= 15 is 0 Å². The Labute approximate surface area is 159 Å². The molecule has 0 saturated carbocycles. The van der Waals surface area contributed by atoms with Gasteiger partial charge in [-0.2, -0.15) is 5.10 Å². The average molecular weight is 416 g/mol. The second kappa shape index (κ2) is 7.37. The van der Waals surface area contributed by atoms with Gasteiger partial charge in [0.15, 0.2) is 0 Å². The molecule has 0 atom stereocenters. The van der Waals surface area contributed by atoms with Crippen LogP contribution < -0.4 is 5.43 Å². The van der Waals surface area contributed by atoms with Crippen molar-refractivity contribution in [1.29, 1.82) is 0 Å². The monoisotopic (exact) mass is 415 g/mol. The van der Waals surface area contributed by atoms with Crippen LogP contribution in [-0.2, 0) is 0 Å². The molecular weight excluding hydrogens is 398 g/mol. The zero-order chi connectivity index (χ0) is 18.0. The lowest BCUT2D eigenvalue weighted by Gasteiger charge is -2.08. The number of phenols is 1. The van der Waals surface area contributed by atoms with E-state index < -0.39 is 0 Å². The fourth-order valence-electron chi connectivity index (χ4n) is 2.79. The number of aromatic hydroxyl groups is 1. The van der Waals surface area contributed by atoms with Gasteiger partial charge in [0.25, 0.3) is 0 Å². The van der Waals surface area contributed by atoms with Crippen LogP contribution in [0, 0.1) is 20.8 Å². The number of hydrazone groups is 1. The van der Waals surface area contributed by atoms with Crippen molar-refractivity contribution >= 4 is 38.6 Å². The highest BCUT2D eigenvalue weighted by atomic mass is 79.9. The van der Waals surface area contributed by atoms with Crippen LogP contribution in [0.2, 0.25) is 0 Å². The van der Waals surface area contributed by atoms with Gasteiger partial charge in [-0.15, -0.1) is 11.3 Å². The molecule has 0 aliphatic rings. The number of halogens is 1. The van der Waals surface area contributed by atoms with E-state index in [1.807, 2.05) is 5.38 Å². The molecule has 128 valence electrons. The van der Waals surface area contributed by atoms with Crippen LogP contribution >= 0.6 is 27.3 Å². The van der Waals surface area contributed by atoms with Crippen molar-refractivity contribution in [2.24, 2.45) is 5.10 Å². The SMILES string of the molecule is Cc1cc(C)c(-c2csc(N/N=C\c3ccc(O)c(Br)c3)n2)c(C)c1. The molecule has 2 N–H and O–H groups in total. The molecule has 4 nitrogen and oxygen atoms in total. The lowest BCUT2D eigenvalue weighted by atomic mass is 9.98. The normalized spacial score (nSPS) is 11.2. The van der Waals surface area contributed by atoms with Crippen LogP contribution in [0.3, 0.4) is 0 Å². The number of nitrogens with one attached hydrogen (secondary N) is 1. The van der Waals surface area contributed by atoms with Gasteiger partial charge in [0, 0.05) is 10.9 Å². The van der Waals surface area contributed by atoms with Gasteiger partial charge in [0.05, 0.1) is 16.4 Å². The van der Waals surface area contributed by atoms with Crippen LogP contribution in [0.25, 0.3) is 11.3 Å². The first-order valence-corrected chi connectivity index (χ1v) is 9.42. The van der Waals surface area contributed by atoms with Gasteiger partial charge in [-0.25, -0.2) is 4.98 Å². The maximum Gasteiger partial charge on any atom is 0.203 e. The van der Waals surface area contributed by atoms with E-state index in [1.54, 1.807) is 24.4 Å². The zero-order valence-electron chi connectivity index (χ0n) is 14.2. The fourth-order valence-corrected chi connectivity index (χ4v) is 3.84. The largest absolute Gasteiger partial charge is 0.507 e. The molecule has 0 bridgehead atoms. The summed E-state index contributed by atoms with van der Waals surface area (Å²) in [5.74, 6) is 0.207. The van der Waals surface area contributed by atoms with Crippen LogP contribution in [0.4, 0.5) is 5.13 Å². The molecular formula is C19H18BrN3OS. The number of phenolic OH excluding ortho intramolecular Hbond substituents is 1. The molecule has 6 heteroatoms. The van der Waals surface area contributed by atoms with Crippen LogP contribution in [0.1, 0.15) is 22.3 Å². The van der Waals surface area contributed by atoms with E-state index in [1.165, 1.54) is 33.6 Å². The van der Waals surface area contributed by atoms with Crippen LogP contribution in [0.15, 0.2) is 45.3 Å². The first kappa shape index (κ1) is 17.6. The summed E-state index contributed by atoms with van der Waals surface area (Å²) < 4.78 is 0.637. The van der Waals surface area contributed by atoms with E-state index in [-0.39, 0.29) is 5.75 Å². The molecule has 3 rings (SSSR count). The van der Waals surface area contributed by atoms with Gasteiger partial charge in [0.2, 0.25) is 5.13 Å². The molecule has 0 fully saturated rings. The van der Waals surface area contributed by atoms with Crippen molar-refractivity contribution < 1.29 is 5.11 Å². The Hall–Kier alpha value is -2.18. The summed E-state index contributed by atoms with van der Waals surface area (Å²) in [6, 6.07) is 9.56. The first-order valence-electron chi connectivity index (χ1n) is 7.75. The summed E-state index contributed by atoms with van der Waals surface area (Å²) >= 11 is 4.81. The summed E-state index contributed by atoms with van der Waals surface area (Å²) in [6.07, 6.45) is 1.69. The number of thiazole rings is 1. The lowest BCUT2D eigenvalue weighted by molar-refractivity contribution is 0.472. The molecule has 25 heavy (non-hydrogen) atoms. The van der Waals surface area contributed by atoms with Gasteiger partial charge in [-0.1, -0.05) is 17.7 Å². The molecule has 2 aromatic carbocycles. The molecule has 0 amide bonds. The third-order valence-electron chi connectivity index (χ3n) is 3.78. The number of aryl methyl sites for hydroxylation is 3. The third kappa shape index (κ3) is 4.08. The minimum Gasteiger partial charge on any atom is -0.507 e. The molecule has 0 unspecified atom stereocenters. The minimum absolute atomic E-state index is 0.207. The van der Waals surface area contributed by atoms with Crippen LogP contribution in [0.5, 0.6) is 5.75 Å². The number of benzene rings is 2. The van der Waals surface area contributed by atoms with Crippen LogP contribution in [-0.4, -0.2) is 16.3 Å². The molecule has 0 saturated heterocycles. The highest BCUT2D eigenvalue weighted by Gasteiger charge is 2.10.